The zero-order valence-corrected chi connectivity index (χ0v) is 15.5. The third-order valence-corrected chi connectivity index (χ3v) is 3.49. The van der Waals surface area contributed by atoms with E-state index < -0.39 is 11.4 Å². The van der Waals surface area contributed by atoms with E-state index in [0.717, 1.165) is 16.3 Å². The minimum Gasteiger partial charge on any atom is -0.452 e. The number of carbonyl (C=O) groups is 2. The van der Waals surface area contributed by atoms with Gasteiger partial charge in [0.25, 0.3) is 0 Å². The summed E-state index contributed by atoms with van der Waals surface area (Å²) in [6, 6.07) is 11.1. The maximum absolute atomic E-state index is 11.7. The Labute approximate surface area is 153 Å². The lowest BCUT2D eigenvalue weighted by atomic mass is 9.97. The number of fused-ring (bicyclic) bond motifs is 1. The molecule has 0 bridgehead atoms. The maximum Gasteiger partial charge on any atom is 0.338 e. The molecule has 2 aromatic rings. The topological polar surface area (TPSA) is 52.6 Å². The first kappa shape index (κ1) is 19.3. The van der Waals surface area contributed by atoms with Crippen molar-refractivity contribution in [2.75, 3.05) is 6.61 Å². The van der Waals surface area contributed by atoms with E-state index in [-0.39, 0.29) is 12.6 Å². The number of rotatable bonds is 3. The van der Waals surface area contributed by atoms with E-state index in [9.17, 15) is 9.59 Å². The summed E-state index contributed by atoms with van der Waals surface area (Å²) in [4.78, 5) is 23.3. The molecule has 0 aromatic heterocycles. The molecule has 2 aromatic carbocycles. The molecule has 4 heteroatoms. The van der Waals surface area contributed by atoms with Crippen LogP contribution < -0.4 is 4.74 Å². The van der Waals surface area contributed by atoms with E-state index in [0.29, 0.717) is 11.3 Å². The molecule has 2 rings (SSSR count). The van der Waals surface area contributed by atoms with E-state index in [1.807, 2.05) is 24.3 Å². The van der Waals surface area contributed by atoms with Crippen LogP contribution in [0.3, 0.4) is 0 Å². The first-order chi connectivity index (χ1) is 12.2. The molecule has 0 unspecified atom stereocenters. The SMILES string of the molecule is C=C(C)C(=O)Oc1ccc2cc(C#CCOC(=O)C(C)(C)C)ccc2c1. The predicted molar refractivity (Wildman–Crippen MR) is 102 cm³/mol. The summed E-state index contributed by atoms with van der Waals surface area (Å²) in [5, 5.41) is 1.90. The number of ether oxygens (including phenoxy) is 2. The molecule has 0 radical (unpaired) electrons. The van der Waals surface area contributed by atoms with Crippen molar-refractivity contribution in [3.8, 4) is 17.6 Å². The van der Waals surface area contributed by atoms with Gasteiger partial charge in [-0.15, -0.1) is 0 Å². The van der Waals surface area contributed by atoms with Crippen LogP contribution in [0, 0.1) is 17.3 Å². The second-order valence-electron chi connectivity index (χ2n) is 7.02. The zero-order chi connectivity index (χ0) is 19.3. The number of hydrogen-bond acceptors (Lipinski definition) is 4. The summed E-state index contributed by atoms with van der Waals surface area (Å²) in [6.45, 7) is 10.6. The van der Waals surface area contributed by atoms with Crippen LogP contribution in [-0.4, -0.2) is 18.5 Å². The molecule has 0 heterocycles. The molecule has 134 valence electrons. The quantitative estimate of drug-likeness (QED) is 0.359. The monoisotopic (exact) mass is 350 g/mol. The third kappa shape index (κ3) is 5.22. The maximum atomic E-state index is 11.7. The second kappa shape index (κ2) is 7.88. The smallest absolute Gasteiger partial charge is 0.338 e. The Morgan fingerprint density at radius 1 is 1.08 bits per heavy atom. The van der Waals surface area contributed by atoms with Crippen LogP contribution in [0.1, 0.15) is 33.3 Å². The fourth-order valence-electron chi connectivity index (χ4n) is 2.02. The molecule has 4 nitrogen and oxygen atoms in total. The van der Waals surface area contributed by atoms with Gasteiger partial charge in [0.05, 0.1) is 5.41 Å². The van der Waals surface area contributed by atoms with Crippen molar-refractivity contribution in [1.82, 2.24) is 0 Å². The number of carbonyl (C=O) groups excluding carboxylic acids is 2. The van der Waals surface area contributed by atoms with Crippen LogP contribution in [0.4, 0.5) is 0 Å². The molecular formula is C22H22O4. The average molecular weight is 350 g/mol. The van der Waals surface area contributed by atoms with Crippen LogP contribution in [0.25, 0.3) is 10.8 Å². The largest absolute Gasteiger partial charge is 0.452 e. The normalized spacial score (nSPS) is 10.6. The van der Waals surface area contributed by atoms with Gasteiger partial charge in [-0.2, -0.15) is 0 Å². The van der Waals surface area contributed by atoms with Gasteiger partial charge in [-0.05, 0) is 62.7 Å². The van der Waals surface area contributed by atoms with Gasteiger partial charge in [-0.1, -0.05) is 30.6 Å². The highest BCUT2D eigenvalue weighted by atomic mass is 16.5. The summed E-state index contributed by atoms with van der Waals surface area (Å²) in [7, 11) is 0. The van der Waals surface area contributed by atoms with Crippen LogP contribution in [-0.2, 0) is 14.3 Å². The lowest BCUT2D eigenvalue weighted by Crippen LogP contribution is -2.22. The Kier molecular flexibility index (Phi) is 5.84. The van der Waals surface area contributed by atoms with Crippen LogP contribution in [0.15, 0.2) is 48.6 Å². The van der Waals surface area contributed by atoms with Gasteiger partial charge in [0.2, 0.25) is 0 Å². The van der Waals surface area contributed by atoms with Crippen molar-refractivity contribution in [1.29, 1.82) is 0 Å². The van der Waals surface area contributed by atoms with Crippen molar-refractivity contribution >= 4 is 22.7 Å². The van der Waals surface area contributed by atoms with Gasteiger partial charge in [0.15, 0.2) is 6.61 Å². The van der Waals surface area contributed by atoms with Crippen molar-refractivity contribution < 1.29 is 19.1 Å². The standard InChI is InChI=1S/C22H22O4/c1-15(2)20(23)26-19-11-10-17-13-16(8-9-18(17)14-19)7-6-12-25-21(24)22(3,4)5/h8-11,13-14H,1,12H2,2-5H3. The third-order valence-electron chi connectivity index (χ3n) is 3.49. The first-order valence-electron chi connectivity index (χ1n) is 8.24. The van der Waals surface area contributed by atoms with Crippen LogP contribution >= 0.6 is 0 Å². The van der Waals surface area contributed by atoms with Crippen LogP contribution in [0.2, 0.25) is 0 Å². The highest BCUT2D eigenvalue weighted by molar-refractivity contribution is 5.90. The van der Waals surface area contributed by atoms with Crippen LogP contribution in [0.5, 0.6) is 5.75 Å². The molecule has 0 amide bonds. The van der Waals surface area contributed by atoms with Gasteiger partial charge in [-0.3, -0.25) is 4.79 Å². The van der Waals surface area contributed by atoms with Gasteiger partial charge < -0.3 is 9.47 Å². The summed E-state index contributed by atoms with van der Waals surface area (Å²) in [5.74, 6) is 5.58. The highest BCUT2D eigenvalue weighted by Crippen LogP contribution is 2.22. The molecule has 0 N–H and O–H groups in total. The van der Waals surface area contributed by atoms with E-state index in [1.54, 1.807) is 39.8 Å². The molecule has 26 heavy (non-hydrogen) atoms. The number of benzene rings is 2. The molecule has 0 fully saturated rings. The predicted octanol–water partition coefficient (Wildman–Crippen LogP) is 4.26. The van der Waals surface area contributed by atoms with Gasteiger partial charge in [0.1, 0.15) is 5.75 Å². The molecule has 0 spiro atoms. The van der Waals surface area contributed by atoms with Crippen molar-refractivity contribution in [3.05, 3.63) is 54.1 Å². The zero-order valence-electron chi connectivity index (χ0n) is 15.5. The van der Waals surface area contributed by atoms with E-state index >= 15 is 0 Å². The summed E-state index contributed by atoms with van der Waals surface area (Å²) >= 11 is 0. The van der Waals surface area contributed by atoms with Crippen molar-refractivity contribution in [2.45, 2.75) is 27.7 Å². The minimum absolute atomic E-state index is 0.0595. The molecular weight excluding hydrogens is 328 g/mol. The number of esters is 2. The van der Waals surface area contributed by atoms with Crippen molar-refractivity contribution in [2.24, 2.45) is 5.41 Å². The fraction of sp³-hybridized carbons (Fsp3) is 0.273. The Bertz CT molecular complexity index is 921. The lowest BCUT2D eigenvalue weighted by Gasteiger charge is -2.14. The summed E-state index contributed by atoms with van der Waals surface area (Å²) < 4.78 is 10.3. The van der Waals surface area contributed by atoms with Gasteiger partial charge in [0, 0.05) is 11.1 Å². The Balaban J connectivity index is 2.08. The van der Waals surface area contributed by atoms with E-state index in [2.05, 4.69) is 18.4 Å². The number of hydrogen-bond donors (Lipinski definition) is 0. The van der Waals surface area contributed by atoms with Gasteiger partial charge in [-0.25, -0.2) is 4.79 Å². The van der Waals surface area contributed by atoms with Crippen molar-refractivity contribution in [3.63, 3.8) is 0 Å². The summed E-state index contributed by atoms with van der Waals surface area (Å²) in [5.41, 5.74) is 0.634. The highest BCUT2D eigenvalue weighted by Gasteiger charge is 2.22. The molecule has 0 saturated carbocycles. The Morgan fingerprint density at radius 2 is 1.73 bits per heavy atom. The molecule has 0 aliphatic rings. The summed E-state index contributed by atoms with van der Waals surface area (Å²) in [6.07, 6.45) is 0. The minimum atomic E-state index is -0.532. The Hall–Kier alpha value is -3.06. The first-order valence-corrected chi connectivity index (χ1v) is 8.24. The second-order valence-corrected chi connectivity index (χ2v) is 7.02. The molecule has 0 aliphatic heterocycles. The van der Waals surface area contributed by atoms with E-state index in [1.165, 1.54) is 0 Å². The van der Waals surface area contributed by atoms with E-state index in [4.69, 9.17) is 9.47 Å². The average Bonchev–Trinajstić information content (AvgIpc) is 2.57. The lowest BCUT2D eigenvalue weighted by molar-refractivity contribution is -0.151. The molecule has 0 atom stereocenters. The fourth-order valence-corrected chi connectivity index (χ4v) is 2.02. The molecule has 0 aliphatic carbocycles. The van der Waals surface area contributed by atoms with Gasteiger partial charge >= 0.3 is 11.9 Å². The molecule has 0 saturated heterocycles. The Morgan fingerprint density at radius 3 is 2.38 bits per heavy atom.